The van der Waals surface area contributed by atoms with Crippen molar-refractivity contribution < 1.29 is 8.42 Å². The van der Waals surface area contributed by atoms with Crippen molar-refractivity contribution in [3.05, 3.63) is 33.7 Å². The van der Waals surface area contributed by atoms with E-state index in [-0.39, 0.29) is 11.4 Å². The molecular weight excluding hydrogens is 396 g/mol. The zero-order chi connectivity index (χ0) is 14.6. The Bertz CT molecular complexity index is 550. The van der Waals surface area contributed by atoms with E-state index in [1.165, 1.54) is 4.31 Å². The van der Waals surface area contributed by atoms with E-state index in [0.29, 0.717) is 21.2 Å². The number of halogens is 2. The average molecular weight is 412 g/mol. The van der Waals surface area contributed by atoms with Crippen LogP contribution in [0.4, 0.5) is 5.69 Å². The molecule has 19 heavy (non-hydrogen) atoms. The first-order valence-electron chi connectivity index (χ1n) is 5.70. The van der Waals surface area contributed by atoms with Gasteiger partial charge in [0.05, 0.1) is 0 Å². The maximum Gasteiger partial charge on any atom is 0.245 e. The SMILES string of the molecule is C=CCN(CCC)S(=O)(=O)c1c(Br)cc(N)cc1Br. The van der Waals surface area contributed by atoms with Gasteiger partial charge in [-0.2, -0.15) is 4.31 Å². The Kier molecular flexibility index (Phi) is 6.04. The first-order valence-corrected chi connectivity index (χ1v) is 8.72. The van der Waals surface area contributed by atoms with Crippen LogP contribution in [0, 0.1) is 0 Å². The van der Waals surface area contributed by atoms with Gasteiger partial charge in [-0.1, -0.05) is 13.0 Å². The van der Waals surface area contributed by atoms with Crippen molar-refractivity contribution in [3.63, 3.8) is 0 Å². The smallest absolute Gasteiger partial charge is 0.245 e. The van der Waals surface area contributed by atoms with E-state index in [0.717, 1.165) is 6.42 Å². The third-order valence-corrected chi connectivity index (χ3v) is 6.17. The molecule has 0 heterocycles. The number of nitrogens with zero attached hydrogens (tertiary/aromatic N) is 1. The zero-order valence-corrected chi connectivity index (χ0v) is 14.6. The van der Waals surface area contributed by atoms with Gasteiger partial charge in [-0.3, -0.25) is 0 Å². The molecule has 0 aliphatic rings. The van der Waals surface area contributed by atoms with Crippen LogP contribution in [0.5, 0.6) is 0 Å². The number of rotatable bonds is 6. The second-order valence-electron chi connectivity index (χ2n) is 3.97. The Morgan fingerprint density at radius 1 is 1.37 bits per heavy atom. The van der Waals surface area contributed by atoms with Crippen LogP contribution in [0.3, 0.4) is 0 Å². The van der Waals surface area contributed by atoms with Gasteiger partial charge >= 0.3 is 0 Å². The van der Waals surface area contributed by atoms with Crippen molar-refractivity contribution in [1.29, 1.82) is 0 Å². The summed E-state index contributed by atoms with van der Waals surface area (Å²) in [5.41, 5.74) is 6.17. The molecule has 0 aliphatic carbocycles. The minimum absolute atomic E-state index is 0.192. The standard InChI is InChI=1S/C12H16Br2N2O2S/c1-3-5-16(6-4-2)19(17,18)12-10(13)7-9(15)8-11(12)14/h3,7-8H,1,4-6,15H2,2H3. The third kappa shape index (κ3) is 3.81. The predicted octanol–water partition coefficient (Wildman–Crippen LogP) is 3.38. The number of hydrogen-bond donors (Lipinski definition) is 1. The van der Waals surface area contributed by atoms with Gasteiger partial charge < -0.3 is 5.73 Å². The Hall–Kier alpha value is -0.370. The van der Waals surface area contributed by atoms with Gasteiger partial charge in [-0.15, -0.1) is 6.58 Å². The molecule has 106 valence electrons. The second-order valence-corrected chi connectivity index (χ2v) is 7.55. The molecular formula is C12H16Br2N2O2S. The summed E-state index contributed by atoms with van der Waals surface area (Å²) in [4.78, 5) is 0.192. The number of anilines is 1. The van der Waals surface area contributed by atoms with Crippen LogP contribution >= 0.6 is 31.9 Å². The fourth-order valence-electron chi connectivity index (χ4n) is 1.66. The molecule has 4 nitrogen and oxygen atoms in total. The maximum atomic E-state index is 12.6. The van der Waals surface area contributed by atoms with Crippen molar-refractivity contribution in [3.8, 4) is 0 Å². The van der Waals surface area contributed by atoms with Gasteiger partial charge in [0.15, 0.2) is 0 Å². The minimum Gasteiger partial charge on any atom is -0.399 e. The summed E-state index contributed by atoms with van der Waals surface area (Å²) >= 11 is 6.53. The van der Waals surface area contributed by atoms with Crippen molar-refractivity contribution in [2.24, 2.45) is 0 Å². The molecule has 0 fully saturated rings. The van der Waals surface area contributed by atoms with Crippen LogP contribution in [0.2, 0.25) is 0 Å². The normalized spacial score (nSPS) is 11.8. The second kappa shape index (κ2) is 6.88. The lowest BCUT2D eigenvalue weighted by atomic mass is 10.3. The molecule has 0 bridgehead atoms. The molecule has 0 aliphatic heterocycles. The third-order valence-electron chi connectivity index (χ3n) is 2.42. The molecule has 0 saturated carbocycles. The molecule has 0 spiro atoms. The quantitative estimate of drug-likeness (QED) is 0.576. The van der Waals surface area contributed by atoms with E-state index in [9.17, 15) is 8.42 Å². The van der Waals surface area contributed by atoms with Gasteiger partial charge in [-0.25, -0.2) is 8.42 Å². The van der Waals surface area contributed by atoms with Crippen molar-refractivity contribution in [2.75, 3.05) is 18.8 Å². The Morgan fingerprint density at radius 2 is 1.89 bits per heavy atom. The molecule has 1 aromatic carbocycles. The summed E-state index contributed by atoms with van der Waals surface area (Å²) in [6.07, 6.45) is 2.31. The highest BCUT2D eigenvalue weighted by Crippen LogP contribution is 2.34. The number of nitrogens with two attached hydrogens (primary N) is 1. The highest BCUT2D eigenvalue weighted by Gasteiger charge is 2.27. The molecule has 2 N–H and O–H groups in total. The average Bonchev–Trinajstić information content (AvgIpc) is 2.26. The first-order chi connectivity index (χ1) is 8.84. The highest BCUT2D eigenvalue weighted by atomic mass is 79.9. The topological polar surface area (TPSA) is 63.4 Å². The summed E-state index contributed by atoms with van der Waals surface area (Å²) in [6, 6.07) is 3.16. The van der Waals surface area contributed by atoms with E-state index >= 15 is 0 Å². The molecule has 1 rings (SSSR count). The fourth-order valence-corrected chi connectivity index (χ4v) is 5.70. The van der Waals surface area contributed by atoms with Crippen LogP contribution in [-0.4, -0.2) is 25.8 Å². The number of benzene rings is 1. The van der Waals surface area contributed by atoms with Gasteiger partial charge in [-0.05, 0) is 50.4 Å². The zero-order valence-electron chi connectivity index (χ0n) is 10.6. The predicted molar refractivity (Wildman–Crippen MR) is 85.5 cm³/mol. The molecule has 0 saturated heterocycles. The highest BCUT2D eigenvalue weighted by molar-refractivity contribution is 9.11. The molecule has 0 aromatic heterocycles. The number of hydrogen-bond acceptors (Lipinski definition) is 3. The van der Waals surface area contributed by atoms with Gasteiger partial charge in [0.25, 0.3) is 0 Å². The summed E-state index contributed by atoms with van der Waals surface area (Å²) in [5.74, 6) is 0. The summed E-state index contributed by atoms with van der Waals surface area (Å²) in [6.45, 7) is 6.25. The lowest BCUT2D eigenvalue weighted by molar-refractivity contribution is 0.441. The molecule has 7 heteroatoms. The summed E-state index contributed by atoms with van der Waals surface area (Å²) < 4.78 is 27.6. The Labute approximate surface area is 131 Å². The monoisotopic (exact) mass is 410 g/mol. The molecule has 0 amide bonds. The van der Waals surface area contributed by atoms with E-state index in [1.54, 1.807) is 18.2 Å². The minimum atomic E-state index is -3.59. The van der Waals surface area contributed by atoms with Crippen molar-refractivity contribution in [1.82, 2.24) is 4.31 Å². The van der Waals surface area contributed by atoms with Gasteiger partial charge in [0.1, 0.15) is 4.90 Å². The van der Waals surface area contributed by atoms with E-state index in [4.69, 9.17) is 5.73 Å². The van der Waals surface area contributed by atoms with Crippen LogP contribution in [-0.2, 0) is 10.0 Å². The van der Waals surface area contributed by atoms with E-state index < -0.39 is 10.0 Å². The Balaban J connectivity index is 3.37. The number of sulfonamides is 1. The maximum absolute atomic E-state index is 12.6. The molecule has 0 unspecified atom stereocenters. The number of nitrogen functional groups attached to an aromatic ring is 1. The lowest BCUT2D eigenvalue weighted by Crippen LogP contribution is -2.32. The lowest BCUT2D eigenvalue weighted by Gasteiger charge is -2.21. The summed E-state index contributed by atoms with van der Waals surface area (Å²) in [5, 5.41) is 0. The summed E-state index contributed by atoms with van der Waals surface area (Å²) in [7, 11) is -3.59. The molecule has 0 radical (unpaired) electrons. The van der Waals surface area contributed by atoms with E-state index in [2.05, 4.69) is 38.4 Å². The molecule has 1 aromatic rings. The fraction of sp³-hybridized carbons (Fsp3) is 0.333. The largest absolute Gasteiger partial charge is 0.399 e. The Morgan fingerprint density at radius 3 is 2.32 bits per heavy atom. The van der Waals surface area contributed by atoms with Crippen molar-refractivity contribution in [2.45, 2.75) is 18.2 Å². The van der Waals surface area contributed by atoms with Crippen LogP contribution < -0.4 is 5.73 Å². The van der Waals surface area contributed by atoms with Gasteiger partial charge in [0.2, 0.25) is 10.0 Å². The van der Waals surface area contributed by atoms with E-state index in [1.807, 2.05) is 6.92 Å². The molecule has 0 atom stereocenters. The van der Waals surface area contributed by atoms with Crippen LogP contribution in [0.15, 0.2) is 38.6 Å². The van der Waals surface area contributed by atoms with Crippen molar-refractivity contribution >= 4 is 47.6 Å². The first kappa shape index (κ1) is 16.7. The van der Waals surface area contributed by atoms with Crippen LogP contribution in [0.25, 0.3) is 0 Å². The van der Waals surface area contributed by atoms with Gasteiger partial charge in [0, 0.05) is 27.7 Å². The van der Waals surface area contributed by atoms with Crippen LogP contribution in [0.1, 0.15) is 13.3 Å².